The first-order chi connectivity index (χ1) is 13.4. The Morgan fingerprint density at radius 1 is 1.10 bits per heavy atom. The summed E-state index contributed by atoms with van der Waals surface area (Å²) >= 11 is 0. The molecule has 162 valence electrons. The SMILES string of the molecule is CC(C)(C)OC(=O)NCCC(=O)NCC(N)CC(=O)OS(=O)(=O)c1ccccc1. The first-order valence-corrected chi connectivity index (χ1v) is 10.3. The molecule has 0 radical (unpaired) electrons. The Morgan fingerprint density at radius 3 is 2.31 bits per heavy atom. The molecule has 1 aromatic rings. The van der Waals surface area contributed by atoms with Gasteiger partial charge < -0.3 is 25.3 Å². The number of hydrogen-bond acceptors (Lipinski definition) is 8. The Labute approximate surface area is 170 Å². The van der Waals surface area contributed by atoms with Crippen molar-refractivity contribution in [3.05, 3.63) is 30.3 Å². The molecule has 1 unspecified atom stereocenters. The maximum Gasteiger partial charge on any atom is 0.407 e. The van der Waals surface area contributed by atoms with Crippen molar-refractivity contribution in [1.29, 1.82) is 0 Å². The second-order valence-corrected chi connectivity index (χ2v) is 8.72. The Balaban J connectivity index is 2.30. The molecule has 0 bridgehead atoms. The number of hydrogen-bond donors (Lipinski definition) is 3. The topological polar surface area (TPSA) is 154 Å². The fraction of sp³-hybridized carbons (Fsp3) is 0.500. The van der Waals surface area contributed by atoms with Gasteiger partial charge in [0.15, 0.2) is 0 Å². The third kappa shape index (κ3) is 10.5. The van der Waals surface area contributed by atoms with Crippen LogP contribution in [-0.4, -0.2) is 51.1 Å². The average Bonchev–Trinajstić information content (AvgIpc) is 2.58. The molecule has 1 rings (SSSR count). The van der Waals surface area contributed by atoms with Crippen LogP contribution in [0.15, 0.2) is 35.2 Å². The lowest BCUT2D eigenvalue weighted by atomic mass is 10.2. The number of rotatable bonds is 9. The second-order valence-electron chi connectivity index (χ2n) is 7.17. The van der Waals surface area contributed by atoms with Gasteiger partial charge in [0, 0.05) is 25.6 Å². The minimum atomic E-state index is -4.21. The minimum absolute atomic E-state index is 0.0151. The summed E-state index contributed by atoms with van der Waals surface area (Å²) in [5.41, 5.74) is 5.09. The zero-order valence-corrected chi connectivity index (χ0v) is 17.5. The highest BCUT2D eigenvalue weighted by molar-refractivity contribution is 7.87. The van der Waals surface area contributed by atoms with Crippen molar-refractivity contribution in [1.82, 2.24) is 10.6 Å². The summed E-state index contributed by atoms with van der Waals surface area (Å²) < 4.78 is 33.4. The molecule has 29 heavy (non-hydrogen) atoms. The molecule has 11 heteroatoms. The Bertz CT molecular complexity index is 804. The van der Waals surface area contributed by atoms with Gasteiger partial charge >= 0.3 is 22.2 Å². The fourth-order valence-corrected chi connectivity index (χ4v) is 2.90. The van der Waals surface area contributed by atoms with Gasteiger partial charge in [-0.05, 0) is 32.9 Å². The van der Waals surface area contributed by atoms with Crippen LogP contribution in [0.2, 0.25) is 0 Å². The van der Waals surface area contributed by atoms with E-state index in [1.165, 1.54) is 24.3 Å². The lowest BCUT2D eigenvalue weighted by Crippen LogP contribution is -2.40. The van der Waals surface area contributed by atoms with Crippen molar-refractivity contribution >= 4 is 28.1 Å². The van der Waals surface area contributed by atoms with E-state index in [9.17, 15) is 22.8 Å². The number of ether oxygens (including phenoxy) is 1. The Morgan fingerprint density at radius 2 is 1.72 bits per heavy atom. The van der Waals surface area contributed by atoms with Crippen LogP contribution in [0.5, 0.6) is 0 Å². The number of carbonyl (C=O) groups excluding carboxylic acids is 3. The van der Waals surface area contributed by atoms with E-state index in [-0.39, 0.29) is 24.4 Å². The normalized spacial score (nSPS) is 12.6. The maximum absolute atomic E-state index is 12.0. The number of benzene rings is 1. The molecule has 0 heterocycles. The van der Waals surface area contributed by atoms with E-state index in [1.54, 1.807) is 26.8 Å². The molecule has 0 spiro atoms. The molecule has 0 fully saturated rings. The van der Waals surface area contributed by atoms with Gasteiger partial charge in [-0.3, -0.25) is 9.59 Å². The molecule has 0 aliphatic heterocycles. The summed E-state index contributed by atoms with van der Waals surface area (Å²) in [7, 11) is -4.21. The summed E-state index contributed by atoms with van der Waals surface area (Å²) in [5, 5.41) is 4.93. The van der Waals surface area contributed by atoms with Crippen LogP contribution >= 0.6 is 0 Å². The predicted octanol–water partition coefficient (Wildman–Crippen LogP) is 0.667. The summed E-state index contributed by atoms with van der Waals surface area (Å²) in [4.78, 5) is 34.8. The van der Waals surface area contributed by atoms with Crippen LogP contribution < -0.4 is 16.4 Å². The molecule has 0 aliphatic carbocycles. The van der Waals surface area contributed by atoms with Gasteiger partial charge in [-0.25, -0.2) is 4.79 Å². The monoisotopic (exact) mass is 429 g/mol. The van der Waals surface area contributed by atoms with E-state index in [0.717, 1.165) is 0 Å². The van der Waals surface area contributed by atoms with Gasteiger partial charge in [-0.2, -0.15) is 8.42 Å². The van der Waals surface area contributed by atoms with E-state index in [1.807, 2.05) is 0 Å². The largest absolute Gasteiger partial charge is 0.444 e. The van der Waals surface area contributed by atoms with E-state index in [2.05, 4.69) is 14.8 Å². The fourth-order valence-electron chi connectivity index (χ4n) is 2.00. The summed E-state index contributed by atoms with van der Waals surface area (Å²) in [6.45, 7) is 5.16. The predicted molar refractivity (Wildman–Crippen MR) is 104 cm³/mol. The molecular weight excluding hydrogens is 402 g/mol. The zero-order valence-electron chi connectivity index (χ0n) is 16.6. The van der Waals surface area contributed by atoms with Crippen LogP contribution in [-0.2, 0) is 28.6 Å². The third-order valence-electron chi connectivity index (χ3n) is 3.25. The van der Waals surface area contributed by atoms with Crippen LogP contribution in [0, 0.1) is 0 Å². The highest BCUT2D eigenvalue weighted by atomic mass is 32.2. The quantitative estimate of drug-likeness (QED) is 0.484. The number of nitrogens with two attached hydrogens (primary N) is 1. The van der Waals surface area contributed by atoms with Crippen LogP contribution in [0.4, 0.5) is 4.79 Å². The number of carbonyl (C=O) groups is 3. The molecule has 4 N–H and O–H groups in total. The van der Waals surface area contributed by atoms with Crippen molar-refractivity contribution < 1.29 is 31.7 Å². The van der Waals surface area contributed by atoms with Crippen molar-refractivity contribution in [2.75, 3.05) is 13.1 Å². The smallest absolute Gasteiger partial charge is 0.407 e. The van der Waals surface area contributed by atoms with Gasteiger partial charge in [0.25, 0.3) is 0 Å². The van der Waals surface area contributed by atoms with Crippen molar-refractivity contribution in [2.24, 2.45) is 5.73 Å². The molecular formula is C18H27N3O7S. The zero-order chi connectivity index (χ0) is 22.1. The van der Waals surface area contributed by atoms with Crippen molar-refractivity contribution in [2.45, 2.75) is 50.2 Å². The summed E-state index contributed by atoms with van der Waals surface area (Å²) in [5.74, 6) is -1.43. The van der Waals surface area contributed by atoms with Crippen molar-refractivity contribution in [3.63, 3.8) is 0 Å². The number of alkyl carbamates (subject to hydrolysis) is 1. The van der Waals surface area contributed by atoms with Gasteiger partial charge in [-0.15, -0.1) is 0 Å². The first kappa shape index (κ1) is 24.4. The molecule has 1 atom stereocenters. The standard InChI is InChI=1S/C18H27N3O7S/c1-18(2,3)27-17(24)20-10-9-15(22)21-12-13(19)11-16(23)28-29(25,26)14-7-5-4-6-8-14/h4-8,13H,9-12,19H2,1-3H3,(H,20,24)(H,21,22). The van der Waals surface area contributed by atoms with E-state index in [4.69, 9.17) is 10.5 Å². The number of amides is 2. The molecule has 0 aromatic heterocycles. The molecule has 0 aliphatic rings. The third-order valence-corrected chi connectivity index (χ3v) is 4.50. The van der Waals surface area contributed by atoms with Crippen LogP contribution in [0.3, 0.4) is 0 Å². The van der Waals surface area contributed by atoms with E-state index in [0.29, 0.717) is 0 Å². The van der Waals surface area contributed by atoms with E-state index >= 15 is 0 Å². The van der Waals surface area contributed by atoms with Gasteiger partial charge in [0.2, 0.25) is 5.91 Å². The van der Waals surface area contributed by atoms with Crippen LogP contribution in [0.1, 0.15) is 33.6 Å². The minimum Gasteiger partial charge on any atom is -0.444 e. The van der Waals surface area contributed by atoms with Gasteiger partial charge in [-0.1, -0.05) is 18.2 Å². The second kappa shape index (κ2) is 10.8. The van der Waals surface area contributed by atoms with E-state index < -0.39 is 46.2 Å². The molecule has 0 saturated heterocycles. The van der Waals surface area contributed by atoms with Crippen molar-refractivity contribution in [3.8, 4) is 0 Å². The highest BCUT2D eigenvalue weighted by Gasteiger charge is 2.22. The molecule has 0 saturated carbocycles. The molecule has 1 aromatic carbocycles. The highest BCUT2D eigenvalue weighted by Crippen LogP contribution is 2.12. The van der Waals surface area contributed by atoms with Crippen LogP contribution in [0.25, 0.3) is 0 Å². The number of nitrogens with one attached hydrogen (secondary N) is 2. The Kier molecular flexibility index (Phi) is 9.05. The van der Waals surface area contributed by atoms with Gasteiger partial charge in [0.05, 0.1) is 6.42 Å². The average molecular weight is 429 g/mol. The molecule has 2 amide bonds. The summed E-state index contributed by atoms with van der Waals surface area (Å²) in [6, 6.07) is 6.39. The molecule has 10 nitrogen and oxygen atoms in total. The lowest BCUT2D eigenvalue weighted by molar-refractivity contribution is -0.134. The van der Waals surface area contributed by atoms with Gasteiger partial charge in [0.1, 0.15) is 10.5 Å². The Hall–Kier alpha value is -2.66. The summed E-state index contributed by atoms with van der Waals surface area (Å²) in [6.07, 6.45) is -1.05. The first-order valence-electron chi connectivity index (χ1n) is 8.90. The maximum atomic E-state index is 12.0. The lowest BCUT2D eigenvalue weighted by Gasteiger charge is -2.19.